The van der Waals surface area contributed by atoms with Gasteiger partial charge in [0.1, 0.15) is 4.83 Å². The normalized spacial score (nSPS) is 10.6. The minimum Gasteiger partial charge on any atom is -0.369 e. The molecule has 98 valence electrons. The van der Waals surface area contributed by atoms with Crippen molar-refractivity contribution in [3.63, 3.8) is 0 Å². The third kappa shape index (κ3) is 1.85. The Balaban J connectivity index is 2.32. The summed E-state index contributed by atoms with van der Waals surface area (Å²) in [5.41, 5.74) is 7.69. The molecule has 0 aliphatic rings. The van der Waals surface area contributed by atoms with E-state index in [0.717, 1.165) is 16.0 Å². The summed E-state index contributed by atoms with van der Waals surface area (Å²) in [4.78, 5) is 23.6. The van der Waals surface area contributed by atoms with Crippen LogP contribution < -0.4 is 11.3 Å². The molecule has 0 unspecified atom stereocenters. The smallest absolute Gasteiger partial charge is 0.261 e. The number of aromatic amines is 1. The zero-order valence-electron chi connectivity index (χ0n) is 10.6. The van der Waals surface area contributed by atoms with Gasteiger partial charge in [-0.15, -0.1) is 11.3 Å². The molecule has 2 heterocycles. The molecular weight excluding hydrogens is 272 g/mol. The number of nitrogen functional groups attached to an aromatic ring is 1. The highest BCUT2D eigenvalue weighted by atomic mass is 32.1. The number of fused-ring (bicyclic) bond motifs is 1. The van der Waals surface area contributed by atoms with Crippen molar-refractivity contribution >= 4 is 33.2 Å². The van der Waals surface area contributed by atoms with Gasteiger partial charge in [-0.2, -0.15) is 0 Å². The molecule has 3 N–H and O–H groups in total. The first-order valence-electron chi connectivity index (χ1n) is 5.87. The number of nitrogens with zero attached hydrogens (tertiary/aromatic N) is 2. The van der Waals surface area contributed by atoms with Crippen molar-refractivity contribution in [1.82, 2.24) is 9.97 Å². The molecule has 3 aromatic rings. The summed E-state index contributed by atoms with van der Waals surface area (Å²) in [6.07, 6.45) is 0. The van der Waals surface area contributed by atoms with Gasteiger partial charge in [-0.05, 0) is 24.1 Å². The molecule has 0 aliphatic carbocycles. The van der Waals surface area contributed by atoms with E-state index >= 15 is 0 Å². The number of anilines is 1. The van der Waals surface area contributed by atoms with Crippen LogP contribution in [0.3, 0.4) is 0 Å². The summed E-state index contributed by atoms with van der Waals surface area (Å²) < 4.78 is 0. The lowest BCUT2D eigenvalue weighted by atomic mass is 10.1. The van der Waals surface area contributed by atoms with Crippen molar-refractivity contribution < 1.29 is 0 Å². The molecule has 0 spiro atoms. The van der Waals surface area contributed by atoms with Gasteiger partial charge in [-0.3, -0.25) is 9.78 Å². The van der Waals surface area contributed by atoms with E-state index in [0.29, 0.717) is 15.9 Å². The molecule has 0 saturated carbocycles. The quantitative estimate of drug-likeness (QED) is 0.673. The highest BCUT2D eigenvalue weighted by molar-refractivity contribution is 7.22. The topological polar surface area (TPSA) is 76.1 Å². The minimum atomic E-state index is -0.228. The number of H-pyrrole nitrogens is 1. The average molecular weight is 282 g/mol. The summed E-state index contributed by atoms with van der Waals surface area (Å²) in [5, 5.41) is 0.562. The van der Waals surface area contributed by atoms with Gasteiger partial charge >= 0.3 is 0 Å². The first-order valence-corrected chi connectivity index (χ1v) is 6.68. The Bertz CT molecular complexity index is 917. The molecule has 0 aliphatic heterocycles. The number of nitrogens with one attached hydrogen (secondary N) is 1. The van der Waals surface area contributed by atoms with Gasteiger partial charge in [0.2, 0.25) is 5.95 Å². The van der Waals surface area contributed by atoms with Crippen LogP contribution in [0, 0.1) is 13.5 Å². The number of aryl methyl sites for hydroxylation is 1. The Kier molecular flexibility index (Phi) is 2.77. The number of thiophene rings is 1. The Hall–Kier alpha value is -2.65. The molecular formula is C14H10N4OS. The maximum atomic E-state index is 12.0. The monoisotopic (exact) mass is 282 g/mol. The van der Waals surface area contributed by atoms with Crippen molar-refractivity contribution in [2.45, 2.75) is 6.92 Å². The van der Waals surface area contributed by atoms with Crippen LogP contribution in [0.2, 0.25) is 0 Å². The van der Waals surface area contributed by atoms with Gasteiger partial charge < -0.3 is 5.73 Å². The third-order valence-electron chi connectivity index (χ3n) is 3.06. The molecule has 0 radical (unpaired) electrons. The molecule has 0 saturated heterocycles. The zero-order valence-corrected chi connectivity index (χ0v) is 11.4. The van der Waals surface area contributed by atoms with E-state index in [-0.39, 0.29) is 11.5 Å². The number of aromatic nitrogens is 2. The Labute approximate surface area is 118 Å². The van der Waals surface area contributed by atoms with Crippen molar-refractivity contribution in [3.8, 4) is 10.4 Å². The molecule has 6 heteroatoms. The summed E-state index contributed by atoms with van der Waals surface area (Å²) in [6, 6.07) is 7.31. The van der Waals surface area contributed by atoms with Crippen LogP contribution in [0.15, 0.2) is 29.1 Å². The average Bonchev–Trinajstić information content (AvgIpc) is 2.76. The highest BCUT2D eigenvalue weighted by Gasteiger charge is 2.15. The van der Waals surface area contributed by atoms with Crippen LogP contribution in [0.1, 0.15) is 5.56 Å². The minimum absolute atomic E-state index is 0.116. The molecule has 0 atom stereocenters. The second kappa shape index (κ2) is 4.47. The molecule has 0 fully saturated rings. The van der Waals surface area contributed by atoms with Gasteiger partial charge in [0.25, 0.3) is 5.56 Å². The summed E-state index contributed by atoms with van der Waals surface area (Å²) in [6.45, 7) is 8.95. The van der Waals surface area contributed by atoms with Crippen LogP contribution in [-0.4, -0.2) is 9.97 Å². The zero-order chi connectivity index (χ0) is 14.3. The Morgan fingerprint density at radius 3 is 3.00 bits per heavy atom. The summed E-state index contributed by atoms with van der Waals surface area (Å²) in [7, 11) is 0. The van der Waals surface area contributed by atoms with E-state index in [1.165, 1.54) is 11.3 Å². The predicted octanol–water partition coefficient (Wildman–Crippen LogP) is 3.09. The fourth-order valence-electron chi connectivity index (χ4n) is 2.15. The standard InChI is InChI=1S/C14H10N4OS/c1-7-10-12(19)17-14(15)18-13(10)20-11(7)8-4-3-5-9(6-8)16-2/h3-6H,1H3,(H3,15,17,18,19). The molecule has 0 bridgehead atoms. The second-order valence-corrected chi connectivity index (χ2v) is 5.35. The first-order chi connectivity index (χ1) is 9.60. The first kappa shape index (κ1) is 12.4. The maximum absolute atomic E-state index is 12.0. The largest absolute Gasteiger partial charge is 0.369 e. The number of nitrogens with two attached hydrogens (primary N) is 1. The van der Waals surface area contributed by atoms with E-state index in [4.69, 9.17) is 12.3 Å². The van der Waals surface area contributed by atoms with E-state index in [2.05, 4.69) is 14.8 Å². The van der Waals surface area contributed by atoms with Gasteiger partial charge in [-0.1, -0.05) is 18.2 Å². The van der Waals surface area contributed by atoms with Crippen LogP contribution >= 0.6 is 11.3 Å². The maximum Gasteiger partial charge on any atom is 0.261 e. The lowest BCUT2D eigenvalue weighted by Gasteiger charge is -2.00. The number of hydrogen-bond donors (Lipinski definition) is 2. The van der Waals surface area contributed by atoms with Gasteiger partial charge in [0, 0.05) is 4.88 Å². The molecule has 1 aromatic carbocycles. The second-order valence-electron chi connectivity index (χ2n) is 4.35. The van der Waals surface area contributed by atoms with Crippen LogP contribution in [0.4, 0.5) is 11.6 Å². The van der Waals surface area contributed by atoms with Crippen molar-refractivity contribution in [1.29, 1.82) is 0 Å². The third-order valence-corrected chi connectivity index (χ3v) is 4.29. The Morgan fingerprint density at radius 1 is 1.45 bits per heavy atom. The van der Waals surface area contributed by atoms with Crippen molar-refractivity contribution in [2.75, 3.05) is 5.73 Å². The highest BCUT2D eigenvalue weighted by Crippen LogP contribution is 2.36. The van der Waals surface area contributed by atoms with Crippen molar-refractivity contribution in [3.05, 3.63) is 51.6 Å². The molecule has 2 aromatic heterocycles. The fraction of sp³-hybridized carbons (Fsp3) is 0.0714. The molecule has 3 rings (SSSR count). The van der Waals surface area contributed by atoms with Crippen LogP contribution in [-0.2, 0) is 0 Å². The lowest BCUT2D eigenvalue weighted by molar-refractivity contribution is 1.19. The SMILES string of the molecule is [C-]#[N+]c1cccc(-c2sc3nc(N)[nH]c(=O)c3c2C)c1. The fourth-order valence-corrected chi connectivity index (χ4v) is 3.34. The van der Waals surface area contributed by atoms with Crippen LogP contribution in [0.25, 0.3) is 25.5 Å². The lowest BCUT2D eigenvalue weighted by Crippen LogP contribution is -2.10. The van der Waals surface area contributed by atoms with E-state index in [1.807, 2.05) is 25.1 Å². The Morgan fingerprint density at radius 2 is 2.25 bits per heavy atom. The number of rotatable bonds is 1. The van der Waals surface area contributed by atoms with E-state index in [1.54, 1.807) is 6.07 Å². The van der Waals surface area contributed by atoms with Gasteiger partial charge in [-0.25, -0.2) is 9.83 Å². The number of hydrogen-bond acceptors (Lipinski definition) is 4. The molecule has 5 nitrogen and oxygen atoms in total. The predicted molar refractivity (Wildman–Crippen MR) is 81.1 cm³/mol. The van der Waals surface area contributed by atoms with E-state index < -0.39 is 0 Å². The molecule has 20 heavy (non-hydrogen) atoms. The van der Waals surface area contributed by atoms with Crippen molar-refractivity contribution in [2.24, 2.45) is 0 Å². The van der Waals surface area contributed by atoms with Gasteiger partial charge in [0.05, 0.1) is 12.0 Å². The summed E-state index contributed by atoms with van der Waals surface area (Å²) in [5.74, 6) is 0.116. The van der Waals surface area contributed by atoms with Gasteiger partial charge in [0.15, 0.2) is 5.69 Å². The van der Waals surface area contributed by atoms with E-state index in [9.17, 15) is 4.79 Å². The number of benzene rings is 1. The van der Waals surface area contributed by atoms with Crippen LogP contribution in [0.5, 0.6) is 0 Å². The molecule has 0 amide bonds. The summed E-state index contributed by atoms with van der Waals surface area (Å²) >= 11 is 1.41.